The molecule has 0 unspecified atom stereocenters. The van der Waals surface area contributed by atoms with E-state index in [1.54, 1.807) is 4.68 Å². The van der Waals surface area contributed by atoms with Crippen LogP contribution in [0.3, 0.4) is 0 Å². The number of imidazole rings is 1. The molecule has 0 N–H and O–H groups in total. The number of hydrogen-bond donors (Lipinski definition) is 0. The van der Waals surface area contributed by atoms with Crippen molar-refractivity contribution in [3.05, 3.63) is 42.6 Å². The molecule has 0 aliphatic heterocycles. The van der Waals surface area contributed by atoms with E-state index >= 15 is 0 Å². The van der Waals surface area contributed by atoms with Gasteiger partial charge in [0.25, 0.3) is 0 Å². The maximum absolute atomic E-state index is 4.35. The minimum Gasteiger partial charge on any atom is -0.304 e. The predicted octanol–water partition coefficient (Wildman–Crippen LogP) is 2.04. The van der Waals surface area contributed by atoms with Crippen LogP contribution in [0.15, 0.2) is 36.9 Å². The SMILES string of the molecule is Cc1cnc2cc(-c3cnn(C)c3)ccn12. The van der Waals surface area contributed by atoms with Gasteiger partial charge in [0.15, 0.2) is 0 Å². The molecule has 0 saturated carbocycles. The normalized spacial score (nSPS) is 11.1. The molecule has 0 aliphatic carbocycles. The average molecular weight is 212 g/mol. The van der Waals surface area contributed by atoms with Gasteiger partial charge < -0.3 is 4.40 Å². The zero-order valence-corrected chi connectivity index (χ0v) is 9.25. The van der Waals surface area contributed by atoms with Crippen molar-refractivity contribution in [1.29, 1.82) is 0 Å². The lowest BCUT2D eigenvalue weighted by molar-refractivity contribution is 0.768. The van der Waals surface area contributed by atoms with Gasteiger partial charge in [-0.3, -0.25) is 4.68 Å². The van der Waals surface area contributed by atoms with Gasteiger partial charge >= 0.3 is 0 Å². The van der Waals surface area contributed by atoms with Crippen molar-refractivity contribution in [3.8, 4) is 11.1 Å². The lowest BCUT2D eigenvalue weighted by Gasteiger charge is -1.99. The average Bonchev–Trinajstić information content (AvgIpc) is 2.86. The van der Waals surface area contributed by atoms with E-state index in [4.69, 9.17) is 0 Å². The van der Waals surface area contributed by atoms with Crippen LogP contribution in [-0.4, -0.2) is 19.2 Å². The standard InChI is InChI=1S/C12H12N4/c1-9-6-13-12-5-10(3-4-16(9)12)11-7-14-15(2)8-11/h3-8H,1-2H3. The highest BCUT2D eigenvalue weighted by atomic mass is 15.2. The van der Waals surface area contributed by atoms with Gasteiger partial charge in [-0.2, -0.15) is 5.10 Å². The molecule has 0 spiro atoms. The van der Waals surface area contributed by atoms with E-state index in [0.29, 0.717) is 0 Å². The fourth-order valence-electron chi connectivity index (χ4n) is 1.86. The number of rotatable bonds is 1. The minimum absolute atomic E-state index is 0.971. The van der Waals surface area contributed by atoms with Crippen LogP contribution in [0, 0.1) is 6.92 Å². The topological polar surface area (TPSA) is 35.1 Å². The van der Waals surface area contributed by atoms with Gasteiger partial charge in [0.1, 0.15) is 5.65 Å². The van der Waals surface area contributed by atoms with Crippen LogP contribution >= 0.6 is 0 Å². The van der Waals surface area contributed by atoms with Crippen LogP contribution in [0.2, 0.25) is 0 Å². The maximum Gasteiger partial charge on any atom is 0.137 e. The molecular formula is C12H12N4. The zero-order valence-electron chi connectivity index (χ0n) is 9.25. The first-order valence-electron chi connectivity index (χ1n) is 5.17. The molecule has 0 atom stereocenters. The van der Waals surface area contributed by atoms with E-state index in [2.05, 4.69) is 26.6 Å². The Morgan fingerprint density at radius 3 is 2.81 bits per heavy atom. The maximum atomic E-state index is 4.35. The third-order valence-corrected chi connectivity index (χ3v) is 2.74. The number of nitrogens with zero attached hydrogens (tertiary/aromatic N) is 4. The van der Waals surface area contributed by atoms with Crippen LogP contribution < -0.4 is 0 Å². The Morgan fingerprint density at radius 2 is 2.06 bits per heavy atom. The summed E-state index contributed by atoms with van der Waals surface area (Å²) in [4.78, 5) is 4.35. The first-order chi connectivity index (χ1) is 7.74. The molecule has 3 aromatic heterocycles. The number of pyridine rings is 1. The largest absolute Gasteiger partial charge is 0.304 e. The summed E-state index contributed by atoms with van der Waals surface area (Å²) in [6.07, 6.45) is 7.78. The van der Waals surface area contributed by atoms with Gasteiger partial charge in [0.2, 0.25) is 0 Å². The summed E-state index contributed by atoms with van der Waals surface area (Å²) < 4.78 is 3.87. The van der Waals surface area contributed by atoms with Crippen molar-refractivity contribution in [2.24, 2.45) is 7.05 Å². The zero-order chi connectivity index (χ0) is 11.1. The number of aryl methyl sites for hydroxylation is 2. The Kier molecular flexibility index (Phi) is 1.83. The lowest BCUT2D eigenvalue weighted by Crippen LogP contribution is -1.87. The fourth-order valence-corrected chi connectivity index (χ4v) is 1.86. The van der Waals surface area contributed by atoms with E-state index in [1.165, 1.54) is 0 Å². The molecule has 0 aliphatic rings. The van der Waals surface area contributed by atoms with Gasteiger partial charge in [-0.15, -0.1) is 0 Å². The molecule has 3 aromatic rings. The predicted molar refractivity (Wildman–Crippen MR) is 62.1 cm³/mol. The van der Waals surface area contributed by atoms with Crippen LogP contribution in [-0.2, 0) is 7.05 Å². The second kappa shape index (κ2) is 3.20. The van der Waals surface area contributed by atoms with Gasteiger partial charge in [0.05, 0.1) is 6.20 Å². The Labute approximate surface area is 93.2 Å². The van der Waals surface area contributed by atoms with Crippen molar-refractivity contribution >= 4 is 5.65 Å². The molecular weight excluding hydrogens is 200 g/mol. The van der Waals surface area contributed by atoms with Gasteiger partial charge in [-0.25, -0.2) is 4.98 Å². The van der Waals surface area contributed by atoms with Crippen molar-refractivity contribution < 1.29 is 0 Å². The summed E-state index contributed by atoms with van der Waals surface area (Å²) in [6, 6.07) is 4.16. The Hall–Kier alpha value is -2.10. The summed E-state index contributed by atoms with van der Waals surface area (Å²) in [5.41, 5.74) is 4.38. The molecule has 0 saturated heterocycles. The molecule has 0 radical (unpaired) electrons. The number of aromatic nitrogens is 4. The van der Waals surface area contributed by atoms with Crippen LogP contribution in [0.25, 0.3) is 16.8 Å². The highest BCUT2D eigenvalue weighted by Gasteiger charge is 2.03. The molecule has 0 bridgehead atoms. The summed E-state index contributed by atoms with van der Waals surface area (Å²) in [7, 11) is 1.92. The number of hydrogen-bond acceptors (Lipinski definition) is 2. The van der Waals surface area contributed by atoms with E-state index < -0.39 is 0 Å². The first kappa shape index (κ1) is 9.15. The van der Waals surface area contributed by atoms with E-state index in [1.807, 2.05) is 38.8 Å². The van der Waals surface area contributed by atoms with E-state index in [9.17, 15) is 0 Å². The third-order valence-electron chi connectivity index (χ3n) is 2.74. The van der Waals surface area contributed by atoms with Crippen molar-refractivity contribution in [1.82, 2.24) is 19.2 Å². The molecule has 80 valence electrons. The van der Waals surface area contributed by atoms with Crippen molar-refractivity contribution in [3.63, 3.8) is 0 Å². The third kappa shape index (κ3) is 1.31. The quantitative estimate of drug-likeness (QED) is 0.618. The monoisotopic (exact) mass is 212 g/mol. The second-order valence-electron chi connectivity index (χ2n) is 3.95. The molecule has 3 rings (SSSR count). The highest BCUT2D eigenvalue weighted by Crippen LogP contribution is 2.20. The molecule has 0 fully saturated rings. The first-order valence-corrected chi connectivity index (χ1v) is 5.17. The van der Waals surface area contributed by atoms with Gasteiger partial charge in [0, 0.05) is 36.9 Å². The fraction of sp³-hybridized carbons (Fsp3) is 0.167. The summed E-state index contributed by atoms with van der Waals surface area (Å²) in [5.74, 6) is 0. The summed E-state index contributed by atoms with van der Waals surface area (Å²) in [6.45, 7) is 2.05. The molecule has 0 amide bonds. The summed E-state index contributed by atoms with van der Waals surface area (Å²) in [5, 5.41) is 4.17. The molecule has 16 heavy (non-hydrogen) atoms. The van der Waals surface area contributed by atoms with Crippen molar-refractivity contribution in [2.75, 3.05) is 0 Å². The van der Waals surface area contributed by atoms with Crippen LogP contribution in [0.4, 0.5) is 0 Å². The Bertz CT molecular complexity index is 648. The van der Waals surface area contributed by atoms with Gasteiger partial charge in [-0.05, 0) is 24.6 Å². The summed E-state index contributed by atoms with van der Waals surface area (Å²) >= 11 is 0. The highest BCUT2D eigenvalue weighted by molar-refractivity contribution is 5.66. The lowest BCUT2D eigenvalue weighted by atomic mass is 10.1. The number of fused-ring (bicyclic) bond motifs is 1. The molecule has 3 heterocycles. The van der Waals surface area contributed by atoms with Crippen molar-refractivity contribution in [2.45, 2.75) is 6.92 Å². The minimum atomic E-state index is 0.971. The molecule has 4 nitrogen and oxygen atoms in total. The van der Waals surface area contributed by atoms with E-state index in [0.717, 1.165) is 22.5 Å². The van der Waals surface area contributed by atoms with Crippen LogP contribution in [0.5, 0.6) is 0 Å². The van der Waals surface area contributed by atoms with Crippen LogP contribution in [0.1, 0.15) is 5.69 Å². The smallest absolute Gasteiger partial charge is 0.137 e. The molecule has 4 heteroatoms. The second-order valence-corrected chi connectivity index (χ2v) is 3.95. The Balaban J connectivity index is 2.18. The Morgan fingerprint density at radius 1 is 1.19 bits per heavy atom. The van der Waals surface area contributed by atoms with E-state index in [-0.39, 0.29) is 0 Å². The van der Waals surface area contributed by atoms with Gasteiger partial charge in [-0.1, -0.05) is 0 Å². The molecule has 0 aromatic carbocycles.